The van der Waals surface area contributed by atoms with Crippen LogP contribution in [0.15, 0.2) is 16.0 Å². The zero-order valence-electron chi connectivity index (χ0n) is 9.07. The molecule has 4 nitrogen and oxygen atoms in total. The summed E-state index contributed by atoms with van der Waals surface area (Å²) in [5.74, 6) is -0.631. The van der Waals surface area contributed by atoms with E-state index in [1.807, 2.05) is 6.92 Å². The van der Waals surface area contributed by atoms with Gasteiger partial charge in [0, 0.05) is 6.42 Å². The Morgan fingerprint density at radius 2 is 2.41 bits per heavy atom. The summed E-state index contributed by atoms with van der Waals surface area (Å²) in [6.45, 7) is 1.95. The first-order chi connectivity index (χ1) is 8.15. The molecule has 0 amide bonds. The quantitative estimate of drug-likeness (QED) is 0.921. The van der Waals surface area contributed by atoms with Crippen molar-refractivity contribution in [2.24, 2.45) is 0 Å². The fraction of sp³-hybridized carbons (Fsp3) is 0.273. The number of carbonyl (C=O) groups is 1. The Bertz CT molecular complexity index is 547. The summed E-state index contributed by atoms with van der Waals surface area (Å²) in [5, 5.41) is 15.3. The average Bonchev–Trinajstić information content (AvgIpc) is 2.84. The van der Waals surface area contributed by atoms with Crippen molar-refractivity contribution in [3.63, 3.8) is 0 Å². The van der Waals surface area contributed by atoms with Crippen molar-refractivity contribution in [2.75, 3.05) is 0 Å². The number of aryl methyl sites for hydroxylation is 1. The van der Waals surface area contributed by atoms with Crippen LogP contribution in [0.4, 0.5) is 0 Å². The van der Waals surface area contributed by atoms with Crippen LogP contribution in [0.3, 0.4) is 0 Å². The van der Waals surface area contributed by atoms with Crippen LogP contribution in [0, 0.1) is 0 Å². The fourth-order valence-corrected chi connectivity index (χ4v) is 2.69. The average molecular weight is 272 g/mol. The zero-order valence-corrected chi connectivity index (χ0v) is 10.6. The van der Waals surface area contributed by atoms with Gasteiger partial charge in [-0.3, -0.25) is 0 Å². The maximum absolute atomic E-state index is 11.2. The number of carboxylic acid groups (broad SMARTS) is 1. The number of thiophene rings is 1. The number of rotatable bonds is 4. The Balaban J connectivity index is 2.55. The first-order valence-electron chi connectivity index (χ1n) is 5.10. The van der Waals surface area contributed by atoms with E-state index in [-0.39, 0.29) is 5.56 Å². The molecular formula is C11H10ClNO3S. The third-order valence-corrected chi connectivity index (χ3v) is 3.63. The van der Waals surface area contributed by atoms with Crippen molar-refractivity contribution < 1.29 is 14.4 Å². The van der Waals surface area contributed by atoms with Gasteiger partial charge in [-0.1, -0.05) is 23.7 Å². The third kappa shape index (κ3) is 2.21. The highest BCUT2D eigenvalue weighted by Crippen LogP contribution is 2.35. The van der Waals surface area contributed by atoms with Crippen molar-refractivity contribution in [3.05, 3.63) is 27.8 Å². The molecule has 0 spiro atoms. The van der Waals surface area contributed by atoms with Crippen LogP contribution < -0.4 is 0 Å². The van der Waals surface area contributed by atoms with E-state index in [2.05, 4.69) is 5.16 Å². The number of aromatic nitrogens is 1. The molecule has 0 radical (unpaired) electrons. The molecular weight excluding hydrogens is 262 g/mol. The molecule has 0 bridgehead atoms. The first-order valence-corrected chi connectivity index (χ1v) is 6.36. The minimum atomic E-state index is -1.03. The topological polar surface area (TPSA) is 63.3 Å². The van der Waals surface area contributed by atoms with Crippen LogP contribution in [0.2, 0.25) is 5.02 Å². The maximum atomic E-state index is 11.2. The number of aromatic carboxylic acids is 1. The summed E-state index contributed by atoms with van der Waals surface area (Å²) in [4.78, 5) is 11.9. The smallest absolute Gasteiger partial charge is 0.341 e. The van der Waals surface area contributed by atoms with Gasteiger partial charge in [0.15, 0.2) is 5.76 Å². The van der Waals surface area contributed by atoms with E-state index < -0.39 is 5.97 Å². The first kappa shape index (κ1) is 12.1. The van der Waals surface area contributed by atoms with E-state index in [0.29, 0.717) is 27.8 Å². The van der Waals surface area contributed by atoms with Crippen molar-refractivity contribution in [1.29, 1.82) is 0 Å². The second kappa shape index (κ2) is 4.89. The molecule has 1 N–H and O–H groups in total. The van der Waals surface area contributed by atoms with Gasteiger partial charge in [0.1, 0.15) is 11.3 Å². The van der Waals surface area contributed by atoms with E-state index in [1.165, 1.54) is 11.3 Å². The number of hydrogen-bond acceptors (Lipinski definition) is 4. The number of hydrogen-bond donors (Lipinski definition) is 1. The van der Waals surface area contributed by atoms with Crippen LogP contribution in [-0.4, -0.2) is 16.2 Å². The summed E-state index contributed by atoms with van der Waals surface area (Å²) < 4.78 is 5.09. The van der Waals surface area contributed by atoms with E-state index >= 15 is 0 Å². The summed E-state index contributed by atoms with van der Waals surface area (Å²) >= 11 is 7.32. The third-order valence-electron chi connectivity index (χ3n) is 2.29. The maximum Gasteiger partial charge on any atom is 0.341 e. The largest absolute Gasteiger partial charge is 0.477 e. The SMILES string of the molecule is CCCc1onc(-c2sccc2Cl)c1C(=O)O. The summed E-state index contributed by atoms with van der Waals surface area (Å²) in [5.41, 5.74) is 0.442. The lowest BCUT2D eigenvalue weighted by Gasteiger charge is -1.96. The normalized spacial score (nSPS) is 10.7. The van der Waals surface area contributed by atoms with Crippen molar-refractivity contribution in [1.82, 2.24) is 5.16 Å². The van der Waals surface area contributed by atoms with Gasteiger partial charge in [0.25, 0.3) is 0 Å². The van der Waals surface area contributed by atoms with Gasteiger partial charge in [0.05, 0.1) is 9.90 Å². The second-order valence-electron chi connectivity index (χ2n) is 3.48. The van der Waals surface area contributed by atoms with E-state index in [1.54, 1.807) is 11.4 Å². The van der Waals surface area contributed by atoms with E-state index in [0.717, 1.165) is 6.42 Å². The van der Waals surface area contributed by atoms with Crippen LogP contribution in [0.25, 0.3) is 10.6 Å². The van der Waals surface area contributed by atoms with E-state index in [4.69, 9.17) is 16.1 Å². The van der Waals surface area contributed by atoms with Gasteiger partial charge in [-0.25, -0.2) is 4.79 Å². The highest BCUT2D eigenvalue weighted by atomic mass is 35.5. The Labute approximate surface area is 107 Å². The molecule has 90 valence electrons. The molecule has 0 saturated heterocycles. The molecule has 2 aromatic rings. The molecule has 0 aliphatic heterocycles. The van der Waals surface area contributed by atoms with Gasteiger partial charge in [0.2, 0.25) is 0 Å². The monoisotopic (exact) mass is 271 g/mol. The minimum absolute atomic E-state index is 0.121. The van der Waals surface area contributed by atoms with Gasteiger partial charge in [-0.2, -0.15) is 0 Å². The molecule has 0 fully saturated rings. The molecule has 0 aromatic carbocycles. The molecule has 17 heavy (non-hydrogen) atoms. The number of carboxylic acids is 1. The van der Waals surface area contributed by atoms with Crippen molar-refractivity contribution in [2.45, 2.75) is 19.8 Å². The number of nitrogens with zero attached hydrogens (tertiary/aromatic N) is 1. The predicted molar refractivity (Wildman–Crippen MR) is 65.8 cm³/mol. The lowest BCUT2D eigenvalue weighted by Crippen LogP contribution is -2.01. The molecule has 2 aromatic heterocycles. The van der Waals surface area contributed by atoms with Crippen LogP contribution >= 0.6 is 22.9 Å². The van der Waals surface area contributed by atoms with Gasteiger partial charge < -0.3 is 9.63 Å². The van der Waals surface area contributed by atoms with Crippen molar-refractivity contribution in [3.8, 4) is 10.6 Å². The van der Waals surface area contributed by atoms with Crippen molar-refractivity contribution >= 4 is 28.9 Å². The molecule has 0 unspecified atom stereocenters. The molecule has 6 heteroatoms. The Kier molecular flexibility index (Phi) is 3.49. The number of halogens is 1. The second-order valence-corrected chi connectivity index (χ2v) is 4.81. The van der Waals surface area contributed by atoms with E-state index in [9.17, 15) is 9.90 Å². The van der Waals surface area contributed by atoms with Gasteiger partial charge in [-0.05, 0) is 17.9 Å². The highest BCUT2D eigenvalue weighted by Gasteiger charge is 2.24. The molecule has 0 atom stereocenters. The predicted octanol–water partition coefficient (Wildman–Crippen LogP) is 3.71. The summed E-state index contributed by atoms with van der Waals surface area (Å²) in [6.07, 6.45) is 1.35. The summed E-state index contributed by atoms with van der Waals surface area (Å²) in [6, 6.07) is 1.71. The van der Waals surface area contributed by atoms with Crippen LogP contribution in [0.1, 0.15) is 29.5 Å². The van der Waals surface area contributed by atoms with Gasteiger partial charge in [-0.15, -0.1) is 11.3 Å². The van der Waals surface area contributed by atoms with Crippen LogP contribution in [0.5, 0.6) is 0 Å². The standard InChI is InChI=1S/C11H10ClNO3S/c1-2-3-7-8(11(14)15)9(13-16-7)10-6(12)4-5-17-10/h4-5H,2-3H2,1H3,(H,14,15). The van der Waals surface area contributed by atoms with Crippen LogP contribution in [-0.2, 0) is 6.42 Å². The zero-order chi connectivity index (χ0) is 12.4. The molecule has 2 rings (SSSR count). The fourth-order valence-electron chi connectivity index (χ4n) is 1.56. The Morgan fingerprint density at radius 1 is 1.65 bits per heavy atom. The molecule has 0 aliphatic carbocycles. The molecule has 0 aliphatic rings. The Morgan fingerprint density at radius 3 is 2.94 bits per heavy atom. The minimum Gasteiger partial charge on any atom is -0.477 e. The molecule has 0 saturated carbocycles. The highest BCUT2D eigenvalue weighted by molar-refractivity contribution is 7.14. The summed E-state index contributed by atoms with van der Waals surface area (Å²) in [7, 11) is 0. The lowest BCUT2D eigenvalue weighted by molar-refractivity contribution is 0.0695. The lowest BCUT2D eigenvalue weighted by atomic mass is 10.1. The Hall–Kier alpha value is -1.33. The molecule has 2 heterocycles. The van der Waals surface area contributed by atoms with Gasteiger partial charge >= 0.3 is 5.97 Å².